The van der Waals surface area contributed by atoms with Gasteiger partial charge in [0, 0.05) is 17.8 Å². The van der Waals surface area contributed by atoms with Crippen LogP contribution >= 0.6 is 11.3 Å². The van der Waals surface area contributed by atoms with E-state index in [1.165, 1.54) is 34.2 Å². The maximum absolute atomic E-state index is 2.37. The van der Waals surface area contributed by atoms with Gasteiger partial charge in [0.2, 0.25) is 0 Å². The lowest BCUT2D eigenvalue weighted by atomic mass is 9.97. The van der Waals surface area contributed by atoms with Crippen LogP contribution in [0.5, 0.6) is 0 Å². The zero-order chi connectivity index (χ0) is 11.0. The molecule has 16 heavy (non-hydrogen) atoms. The average molecular weight is 229 g/mol. The zero-order valence-corrected chi connectivity index (χ0v) is 10.3. The minimum atomic E-state index is 1.08. The van der Waals surface area contributed by atoms with E-state index in [-0.39, 0.29) is 0 Å². The number of rotatable bonds is 1. The van der Waals surface area contributed by atoms with Crippen LogP contribution in [0.1, 0.15) is 12.0 Å². The Labute approximate surface area is 100 Å². The molecule has 0 fully saturated rings. The van der Waals surface area contributed by atoms with E-state index in [1.807, 2.05) is 11.3 Å². The fourth-order valence-electron chi connectivity index (χ4n) is 2.29. The number of hydrogen-bond donors (Lipinski definition) is 0. The van der Waals surface area contributed by atoms with Crippen molar-refractivity contribution in [2.75, 3.05) is 20.1 Å². The highest BCUT2D eigenvalue weighted by Crippen LogP contribution is 2.31. The van der Waals surface area contributed by atoms with E-state index < -0.39 is 0 Å². The van der Waals surface area contributed by atoms with Gasteiger partial charge >= 0.3 is 0 Å². The number of likely N-dealkylation sites (N-methyl/N-ethyl adjacent to an activating group) is 1. The van der Waals surface area contributed by atoms with Gasteiger partial charge in [-0.1, -0.05) is 18.2 Å². The van der Waals surface area contributed by atoms with Gasteiger partial charge in [0.25, 0.3) is 0 Å². The monoisotopic (exact) mass is 229 g/mol. The predicted molar refractivity (Wildman–Crippen MR) is 71.9 cm³/mol. The van der Waals surface area contributed by atoms with Gasteiger partial charge in [-0.25, -0.2) is 0 Å². The van der Waals surface area contributed by atoms with Crippen LogP contribution in [0.25, 0.3) is 15.7 Å². The molecule has 3 rings (SSSR count). The summed E-state index contributed by atoms with van der Waals surface area (Å²) >= 11 is 1.83. The molecule has 1 aliphatic heterocycles. The second-order valence-electron chi connectivity index (χ2n) is 4.38. The quantitative estimate of drug-likeness (QED) is 0.722. The van der Waals surface area contributed by atoms with Crippen LogP contribution in [0.4, 0.5) is 0 Å². The smallest absolute Gasteiger partial charge is 0.0348 e. The molecule has 1 aromatic heterocycles. The van der Waals surface area contributed by atoms with Crippen LogP contribution in [0, 0.1) is 0 Å². The first kappa shape index (κ1) is 10.1. The Morgan fingerprint density at radius 2 is 2.19 bits per heavy atom. The summed E-state index contributed by atoms with van der Waals surface area (Å²) in [5, 5.41) is 3.60. The highest BCUT2D eigenvalue weighted by atomic mass is 32.1. The van der Waals surface area contributed by atoms with Crippen molar-refractivity contribution in [1.82, 2.24) is 4.90 Å². The Hall–Kier alpha value is -1.12. The largest absolute Gasteiger partial charge is 0.302 e. The van der Waals surface area contributed by atoms with Crippen molar-refractivity contribution in [3.8, 4) is 0 Å². The van der Waals surface area contributed by atoms with Crippen molar-refractivity contribution in [2.24, 2.45) is 0 Å². The zero-order valence-electron chi connectivity index (χ0n) is 9.44. The molecule has 1 aromatic carbocycles. The fraction of sp³-hybridized carbons (Fsp3) is 0.286. The van der Waals surface area contributed by atoms with Crippen molar-refractivity contribution < 1.29 is 0 Å². The maximum Gasteiger partial charge on any atom is 0.0348 e. The second-order valence-corrected chi connectivity index (χ2v) is 5.33. The molecule has 0 saturated heterocycles. The minimum absolute atomic E-state index is 1.08. The van der Waals surface area contributed by atoms with Crippen LogP contribution < -0.4 is 0 Å². The summed E-state index contributed by atoms with van der Waals surface area (Å²) in [6.07, 6.45) is 3.54. The van der Waals surface area contributed by atoms with Crippen LogP contribution in [0.3, 0.4) is 0 Å². The van der Waals surface area contributed by atoms with Crippen molar-refractivity contribution >= 4 is 27.0 Å². The molecule has 0 radical (unpaired) electrons. The van der Waals surface area contributed by atoms with Gasteiger partial charge in [0.1, 0.15) is 0 Å². The third-order valence-electron chi connectivity index (χ3n) is 3.25. The molecule has 2 aromatic rings. The first-order valence-electron chi connectivity index (χ1n) is 5.69. The van der Waals surface area contributed by atoms with Gasteiger partial charge in [-0.2, -0.15) is 0 Å². The average Bonchev–Trinajstić information content (AvgIpc) is 2.78. The van der Waals surface area contributed by atoms with E-state index in [4.69, 9.17) is 0 Å². The molecule has 0 bridgehead atoms. The van der Waals surface area contributed by atoms with Gasteiger partial charge in [-0.15, -0.1) is 11.3 Å². The number of benzene rings is 1. The molecular formula is C14H15NS. The highest BCUT2D eigenvalue weighted by molar-refractivity contribution is 7.17. The lowest BCUT2D eigenvalue weighted by Gasteiger charge is -2.22. The highest BCUT2D eigenvalue weighted by Gasteiger charge is 2.11. The molecule has 0 aliphatic carbocycles. The van der Waals surface area contributed by atoms with Crippen molar-refractivity contribution in [1.29, 1.82) is 0 Å². The summed E-state index contributed by atoms with van der Waals surface area (Å²) in [7, 11) is 2.18. The Kier molecular flexibility index (Phi) is 2.54. The Morgan fingerprint density at radius 1 is 1.25 bits per heavy atom. The lowest BCUT2D eigenvalue weighted by molar-refractivity contribution is 0.370. The van der Waals surface area contributed by atoms with Crippen LogP contribution in [-0.4, -0.2) is 25.0 Å². The van der Waals surface area contributed by atoms with Gasteiger partial charge in [-0.3, -0.25) is 0 Å². The summed E-state index contributed by atoms with van der Waals surface area (Å²) in [4.78, 5) is 2.36. The molecule has 1 aliphatic rings. The number of thiophene rings is 1. The minimum Gasteiger partial charge on any atom is -0.302 e. The number of nitrogens with zero attached hydrogens (tertiary/aromatic N) is 1. The summed E-state index contributed by atoms with van der Waals surface area (Å²) < 4.78 is 1.40. The molecule has 0 atom stereocenters. The van der Waals surface area contributed by atoms with Gasteiger partial charge in [0.15, 0.2) is 0 Å². The standard InChI is InChI=1S/C14H15NS/c1-15-8-5-11(6-9-15)12-3-2-4-14-13(12)7-10-16-14/h2-5,7,10H,6,8-9H2,1H3. The molecule has 82 valence electrons. The predicted octanol–water partition coefficient (Wildman–Crippen LogP) is 3.62. The third-order valence-corrected chi connectivity index (χ3v) is 4.14. The summed E-state index contributed by atoms with van der Waals surface area (Å²) in [6.45, 7) is 2.25. The molecule has 2 heterocycles. The molecule has 0 spiro atoms. The number of fused-ring (bicyclic) bond motifs is 1. The fourth-order valence-corrected chi connectivity index (χ4v) is 3.10. The summed E-state index contributed by atoms with van der Waals surface area (Å²) in [6, 6.07) is 8.88. The van der Waals surface area contributed by atoms with Gasteiger partial charge < -0.3 is 4.90 Å². The SMILES string of the molecule is CN1CC=C(c2cccc3sccc23)CC1. The van der Waals surface area contributed by atoms with Crippen molar-refractivity contribution in [3.05, 3.63) is 41.3 Å². The summed E-state index contributed by atoms with van der Waals surface area (Å²) in [5.74, 6) is 0. The first-order valence-corrected chi connectivity index (χ1v) is 6.57. The maximum atomic E-state index is 2.37. The normalized spacial score (nSPS) is 17.7. The summed E-state index contributed by atoms with van der Waals surface area (Å²) in [5.41, 5.74) is 2.95. The third kappa shape index (κ3) is 1.68. The van der Waals surface area contributed by atoms with Crippen LogP contribution in [0.2, 0.25) is 0 Å². The molecule has 0 amide bonds. The molecular weight excluding hydrogens is 214 g/mol. The van der Waals surface area contributed by atoms with Crippen LogP contribution in [0.15, 0.2) is 35.7 Å². The molecule has 0 saturated carbocycles. The van der Waals surface area contributed by atoms with E-state index in [1.54, 1.807) is 0 Å². The molecule has 1 nitrogen and oxygen atoms in total. The van der Waals surface area contributed by atoms with Gasteiger partial charge in [0.05, 0.1) is 0 Å². The topological polar surface area (TPSA) is 3.24 Å². The van der Waals surface area contributed by atoms with E-state index >= 15 is 0 Å². The molecule has 0 unspecified atom stereocenters. The van der Waals surface area contributed by atoms with E-state index in [2.05, 4.69) is 47.7 Å². The molecule has 0 N–H and O–H groups in total. The first-order chi connectivity index (χ1) is 7.84. The van der Waals surface area contributed by atoms with E-state index in [0.29, 0.717) is 0 Å². The van der Waals surface area contributed by atoms with Crippen molar-refractivity contribution in [3.63, 3.8) is 0 Å². The van der Waals surface area contributed by atoms with E-state index in [0.717, 1.165) is 6.54 Å². The molecule has 2 heteroatoms. The van der Waals surface area contributed by atoms with Gasteiger partial charge in [-0.05, 0) is 47.5 Å². The van der Waals surface area contributed by atoms with Crippen LogP contribution in [-0.2, 0) is 0 Å². The van der Waals surface area contributed by atoms with Crippen molar-refractivity contribution in [2.45, 2.75) is 6.42 Å². The Bertz CT molecular complexity index is 538. The van der Waals surface area contributed by atoms with E-state index in [9.17, 15) is 0 Å². The Balaban J connectivity index is 2.09. The lowest BCUT2D eigenvalue weighted by Crippen LogP contribution is -2.23. The Morgan fingerprint density at radius 3 is 3.00 bits per heavy atom. The number of hydrogen-bond acceptors (Lipinski definition) is 2. The second kappa shape index (κ2) is 4.04.